The Morgan fingerprint density at radius 1 is 1.44 bits per heavy atom. The summed E-state index contributed by atoms with van der Waals surface area (Å²) in [5, 5.41) is 12.3. The molecule has 1 aromatic rings. The van der Waals surface area contributed by atoms with E-state index in [1.54, 1.807) is 12.1 Å². The van der Waals surface area contributed by atoms with Crippen LogP contribution in [-0.2, 0) is 0 Å². The van der Waals surface area contributed by atoms with E-state index in [2.05, 4.69) is 17.3 Å². The molecular formula is C13H19N3O2. The van der Waals surface area contributed by atoms with Crippen LogP contribution >= 0.6 is 0 Å². The van der Waals surface area contributed by atoms with E-state index in [0.717, 1.165) is 31.6 Å². The Morgan fingerprint density at radius 3 is 2.72 bits per heavy atom. The largest absolute Gasteiger partial charge is 0.478 e. The van der Waals surface area contributed by atoms with E-state index in [9.17, 15) is 4.79 Å². The number of nitrogens with zero attached hydrogens (tertiary/aromatic N) is 1. The average Bonchev–Trinajstić information content (AvgIpc) is 2.34. The lowest BCUT2D eigenvalue weighted by Gasteiger charge is -2.30. The highest BCUT2D eigenvalue weighted by Crippen LogP contribution is 2.23. The minimum Gasteiger partial charge on any atom is -0.478 e. The molecule has 1 aliphatic rings. The standard InChI is InChI=1S/C13H19N3O2/c1-16-6-4-10(5-7-16)15-12-8-9(13(17)18)2-3-11(12)14/h2-3,8,10,15H,4-7,14H2,1H3,(H,17,18). The number of carbonyl (C=O) groups is 1. The van der Waals surface area contributed by atoms with Crippen LogP contribution in [0.15, 0.2) is 18.2 Å². The summed E-state index contributed by atoms with van der Waals surface area (Å²) in [5.74, 6) is -0.929. The molecule has 98 valence electrons. The molecule has 5 heteroatoms. The van der Waals surface area contributed by atoms with Crippen molar-refractivity contribution in [3.05, 3.63) is 23.8 Å². The van der Waals surface area contributed by atoms with Crippen molar-refractivity contribution in [1.29, 1.82) is 0 Å². The van der Waals surface area contributed by atoms with E-state index in [1.807, 2.05) is 0 Å². The fraction of sp³-hybridized carbons (Fsp3) is 0.462. The number of hydrogen-bond donors (Lipinski definition) is 3. The van der Waals surface area contributed by atoms with Gasteiger partial charge in [-0.25, -0.2) is 4.79 Å². The zero-order chi connectivity index (χ0) is 13.1. The molecule has 0 atom stereocenters. The maximum atomic E-state index is 10.9. The molecule has 0 radical (unpaired) electrons. The van der Waals surface area contributed by atoms with Gasteiger partial charge in [-0.1, -0.05) is 0 Å². The SMILES string of the molecule is CN1CCC(Nc2cc(C(=O)O)ccc2N)CC1. The number of nitrogens with two attached hydrogens (primary N) is 1. The monoisotopic (exact) mass is 249 g/mol. The summed E-state index contributed by atoms with van der Waals surface area (Å²) in [4.78, 5) is 13.2. The lowest BCUT2D eigenvalue weighted by molar-refractivity contribution is 0.0697. The smallest absolute Gasteiger partial charge is 0.335 e. The van der Waals surface area contributed by atoms with Crippen LogP contribution in [0, 0.1) is 0 Å². The molecule has 1 heterocycles. The minimum absolute atomic E-state index is 0.264. The van der Waals surface area contributed by atoms with Gasteiger partial charge in [0.25, 0.3) is 0 Å². The maximum Gasteiger partial charge on any atom is 0.335 e. The van der Waals surface area contributed by atoms with Crippen LogP contribution in [-0.4, -0.2) is 42.2 Å². The third-order valence-corrected chi connectivity index (χ3v) is 3.38. The van der Waals surface area contributed by atoms with Gasteiger partial charge in [0.2, 0.25) is 0 Å². The Hall–Kier alpha value is -1.75. The maximum absolute atomic E-state index is 10.9. The number of nitrogen functional groups attached to an aromatic ring is 1. The number of hydrogen-bond acceptors (Lipinski definition) is 4. The van der Waals surface area contributed by atoms with Gasteiger partial charge in [-0.15, -0.1) is 0 Å². The first-order chi connectivity index (χ1) is 8.56. The molecule has 0 aromatic heterocycles. The molecule has 1 saturated heterocycles. The number of piperidine rings is 1. The Balaban J connectivity index is 2.08. The number of likely N-dealkylation sites (tertiary alicyclic amines) is 1. The lowest BCUT2D eigenvalue weighted by Crippen LogP contribution is -2.36. The second-order valence-electron chi connectivity index (χ2n) is 4.83. The summed E-state index contributed by atoms with van der Waals surface area (Å²) in [5.41, 5.74) is 7.45. The molecule has 5 nitrogen and oxygen atoms in total. The average molecular weight is 249 g/mol. The molecule has 2 rings (SSSR count). The van der Waals surface area contributed by atoms with Gasteiger partial charge in [-0.05, 0) is 51.2 Å². The van der Waals surface area contributed by atoms with Gasteiger partial charge in [0, 0.05) is 6.04 Å². The van der Waals surface area contributed by atoms with Gasteiger partial charge in [-0.2, -0.15) is 0 Å². The van der Waals surface area contributed by atoms with Gasteiger partial charge >= 0.3 is 5.97 Å². The van der Waals surface area contributed by atoms with Crippen LogP contribution < -0.4 is 11.1 Å². The number of anilines is 2. The van der Waals surface area contributed by atoms with E-state index in [1.165, 1.54) is 6.07 Å². The van der Waals surface area contributed by atoms with Gasteiger partial charge < -0.3 is 21.1 Å². The van der Waals surface area contributed by atoms with Gasteiger partial charge in [0.15, 0.2) is 0 Å². The highest BCUT2D eigenvalue weighted by atomic mass is 16.4. The zero-order valence-corrected chi connectivity index (χ0v) is 10.5. The normalized spacial score (nSPS) is 17.6. The molecule has 1 aliphatic heterocycles. The first kappa shape index (κ1) is 12.7. The van der Waals surface area contributed by atoms with Crippen molar-refractivity contribution in [1.82, 2.24) is 4.90 Å². The Labute approximate surface area is 107 Å². The van der Waals surface area contributed by atoms with Crippen molar-refractivity contribution < 1.29 is 9.90 Å². The van der Waals surface area contributed by atoms with Crippen LogP contribution in [0.2, 0.25) is 0 Å². The molecule has 4 N–H and O–H groups in total. The fourth-order valence-corrected chi connectivity index (χ4v) is 2.19. The molecule has 0 bridgehead atoms. The third kappa shape index (κ3) is 2.92. The Kier molecular flexibility index (Phi) is 3.72. The van der Waals surface area contributed by atoms with Gasteiger partial charge in [0.1, 0.15) is 0 Å². The fourth-order valence-electron chi connectivity index (χ4n) is 2.19. The molecule has 0 spiro atoms. The van der Waals surface area contributed by atoms with E-state index >= 15 is 0 Å². The minimum atomic E-state index is -0.929. The second kappa shape index (κ2) is 5.27. The second-order valence-corrected chi connectivity index (χ2v) is 4.83. The predicted molar refractivity (Wildman–Crippen MR) is 72.0 cm³/mol. The van der Waals surface area contributed by atoms with Crippen molar-refractivity contribution in [2.24, 2.45) is 0 Å². The summed E-state index contributed by atoms with van der Waals surface area (Å²) in [6.45, 7) is 2.10. The zero-order valence-electron chi connectivity index (χ0n) is 10.5. The summed E-state index contributed by atoms with van der Waals surface area (Å²) in [7, 11) is 2.11. The molecule has 0 aliphatic carbocycles. The van der Waals surface area contributed by atoms with Crippen LogP contribution in [0.4, 0.5) is 11.4 Å². The van der Waals surface area contributed by atoms with Gasteiger partial charge in [0.05, 0.1) is 16.9 Å². The molecule has 0 unspecified atom stereocenters. The predicted octanol–water partition coefficient (Wildman–Crippen LogP) is 1.47. The Bertz CT molecular complexity index is 440. The lowest BCUT2D eigenvalue weighted by atomic mass is 10.0. The van der Waals surface area contributed by atoms with E-state index in [0.29, 0.717) is 11.7 Å². The van der Waals surface area contributed by atoms with Crippen LogP contribution in [0.3, 0.4) is 0 Å². The third-order valence-electron chi connectivity index (χ3n) is 3.38. The summed E-state index contributed by atoms with van der Waals surface area (Å²) < 4.78 is 0. The van der Waals surface area contributed by atoms with Crippen molar-refractivity contribution in [3.63, 3.8) is 0 Å². The van der Waals surface area contributed by atoms with Gasteiger partial charge in [-0.3, -0.25) is 0 Å². The molecular weight excluding hydrogens is 230 g/mol. The summed E-state index contributed by atoms with van der Waals surface area (Å²) in [6, 6.07) is 5.14. The molecule has 1 aromatic carbocycles. The number of nitrogens with one attached hydrogen (secondary N) is 1. The summed E-state index contributed by atoms with van der Waals surface area (Å²) >= 11 is 0. The van der Waals surface area contributed by atoms with E-state index in [-0.39, 0.29) is 5.56 Å². The van der Waals surface area contributed by atoms with Crippen molar-refractivity contribution in [2.75, 3.05) is 31.2 Å². The number of carboxylic acids is 1. The Morgan fingerprint density at radius 2 is 2.11 bits per heavy atom. The van der Waals surface area contributed by atoms with Crippen molar-refractivity contribution in [3.8, 4) is 0 Å². The molecule has 1 fully saturated rings. The number of carboxylic acid groups (broad SMARTS) is 1. The highest BCUT2D eigenvalue weighted by Gasteiger charge is 2.17. The highest BCUT2D eigenvalue weighted by molar-refractivity contribution is 5.90. The molecule has 0 amide bonds. The van der Waals surface area contributed by atoms with Crippen molar-refractivity contribution >= 4 is 17.3 Å². The van der Waals surface area contributed by atoms with Crippen LogP contribution in [0.25, 0.3) is 0 Å². The van der Waals surface area contributed by atoms with E-state index < -0.39 is 5.97 Å². The molecule has 0 saturated carbocycles. The topological polar surface area (TPSA) is 78.6 Å². The first-order valence-corrected chi connectivity index (χ1v) is 6.14. The number of rotatable bonds is 3. The van der Waals surface area contributed by atoms with Crippen molar-refractivity contribution in [2.45, 2.75) is 18.9 Å². The van der Waals surface area contributed by atoms with E-state index in [4.69, 9.17) is 10.8 Å². The van der Waals surface area contributed by atoms with Crippen LogP contribution in [0.5, 0.6) is 0 Å². The van der Waals surface area contributed by atoms with Crippen LogP contribution in [0.1, 0.15) is 23.2 Å². The number of benzene rings is 1. The number of aromatic carboxylic acids is 1. The first-order valence-electron chi connectivity index (χ1n) is 6.14. The quantitative estimate of drug-likeness (QED) is 0.707. The summed E-state index contributed by atoms with van der Waals surface area (Å²) in [6.07, 6.45) is 2.10. The molecule has 18 heavy (non-hydrogen) atoms.